The molecule has 146 valence electrons. The Morgan fingerprint density at radius 1 is 1.07 bits per heavy atom. The highest BCUT2D eigenvalue weighted by Gasteiger charge is 2.18. The molecule has 1 heterocycles. The van der Waals surface area contributed by atoms with E-state index in [-0.39, 0.29) is 17.4 Å². The summed E-state index contributed by atoms with van der Waals surface area (Å²) in [5, 5.41) is 13.9. The highest BCUT2D eigenvalue weighted by atomic mass is 16.6. The average Bonchev–Trinajstić information content (AvgIpc) is 3.15. The Hall–Kier alpha value is -4.00. The van der Waals surface area contributed by atoms with Gasteiger partial charge in [0.25, 0.3) is 5.69 Å². The summed E-state index contributed by atoms with van der Waals surface area (Å²) in [5.41, 5.74) is 2.18. The van der Waals surface area contributed by atoms with Gasteiger partial charge in [0.15, 0.2) is 5.78 Å². The first-order chi connectivity index (χ1) is 13.8. The summed E-state index contributed by atoms with van der Waals surface area (Å²) in [6.45, 7) is 3.19. The molecule has 0 saturated carbocycles. The second kappa shape index (κ2) is 8.35. The number of allylic oxidation sites excluding steroid dienone is 1. The van der Waals surface area contributed by atoms with Gasteiger partial charge in [-0.15, -0.1) is 0 Å². The van der Waals surface area contributed by atoms with Crippen LogP contribution in [-0.2, 0) is 4.79 Å². The molecule has 0 atom stereocenters. The van der Waals surface area contributed by atoms with Crippen LogP contribution in [0.25, 0.3) is 17.4 Å². The van der Waals surface area contributed by atoms with E-state index in [2.05, 4.69) is 5.32 Å². The van der Waals surface area contributed by atoms with Crippen molar-refractivity contribution in [2.45, 2.75) is 13.8 Å². The first-order valence-corrected chi connectivity index (χ1v) is 8.79. The number of carbonyl (C=O) groups is 2. The van der Waals surface area contributed by atoms with Crippen LogP contribution in [0.2, 0.25) is 0 Å². The monoisotopic (exact) mass is 390 g/mol. The lowest BCUT2D eigenvalue weighted by Gasteiger charge is -2.02. The maximum Gasteiger partial charge on any atom is 0.280 e. The Bertz CT molecular complexity index is 1110. The molecule has 0 radical (unpaired) electrons. The van der Waals surface area contributed by atoms with Crippen molar-refractivity contribution in [1.29, 1.82) is 0 Å². The molecule has 7 nitrogen and oxygen atoms in total. The zero-order valence-electron chi connectivity index (χ0n) is 15.8. The molecule has 3 aromatic rings. The Morgan fingerprint density at radius 3 is 2.45 bits per heavy atom. The number of rotatable bonds is 6. The van der Waals surface area contributed by atoms with E-state index >= 15 is 0 Å². The number of carbonyl (C=O) groups excluding carboxylic acids is 2. The molecule has 1 amide bonds. The van der Waals surface area contributed by atoms with Crippen LogP contribution in [0.15, 0.2) is 65.1 Å². The van der Waals surface area contributed by atoms with E-state index in [0.717, 1.165) is 5.56 Å². The molecule has 29 heavy (non-hydrogen) atoms. The Labute approximate surface area is 166 Å². The minimum atomic E-state index is -0.450. The molecule has 3 rings (SSSR count). The van der Waals surface area contributed by atoms with Crippen LogP contribution < -0.4 is 5.32 Å². The van der Waals surface area contributed by atoms with E-state index in [1.54, 1.807) is 55.5 Å². The van der Waals surface area contributed by atoms with Gasteiger partial charge < -0.3 is 9.73 Å². The fourth-order valence-corrected chi connectivity index (χ4v) is 2.76. The topological polar surface area (TPSA) is 102 Å². The maximum absolute atomic E-state index is 12.3. The quantitative estimate of drug-likeness (QED) is 0.276. The Morgan fingerprint density at radius 2 is 1.79 bits per heavy atom. The lowest BCUT2D eigenvalue weighted by molar-refractivity contribution is -0.384. The predicted molar refractivity (Wildman–Crippen MR) is 110 cm³/mol. The zero-order chi connectivity index (χ0) is 21.0. The third-order valence-corrected chi connectivity index (χ3v) is 4.13. The second-order valence-electron chi connectivity index (χ2n) is 6.44. The third kappa shape index (κ3) is 4.84. The van der Waals surface area contributed by atoms with Gasteiger partial charge in [-0.05, 0) is 67.1 Å². The Kier molecular flexibility index (Phi) is 5.69. The number of benzene rings is 2. The van der Waals surface area contributed by atoms with Crippen molar-refractivity contribution in [3.63, 3.8) is 0 Å². The fraction of sp³-hybridized carbons (Fsp3) is 0.0909. The number of amides is 1. The number of nitro benzene ring substituents is 1. The van der Waals surface area contributed by atoms with Crippen LogP contribution in [0.1, 0.15) is 28.6 Å². The van der Waals surface area contributed by atoms with Gasteiger partial charge in [-0.3, -0.25) is 19.7 Å². The van der Waals surface area contributed by atoms with Crippen molar-refractivity contribution in [3.05, 3.63) is 87.7 Å². The van der Waals surface area contributed by atoms with Gasteiger partial charge in [0.05, 0.1) is 10.5 Å². The number of nitro groups is 1. The molecule has 1 N–H and O–H groups in total. The van der Waals surface area contributed by atoms with Crippen LogP contribution >= 0.6 is 0 Å². The summed E-state index contributed by atoms with van der Waals surface area (Å²) >= 11 is 0. The van der Waals surface area contributed by atoms with Gasteiger partial charge in [0, 0.05) is 24.2 Å². The summed E-state index contributed by atoms with van der Waals surface area (Å²) in [4.78, 5) is 34.2. The minimum Gasteiger partial charge on any atom is -0.456 e. The van der Waals surface area contributed by atoms with E-state index < -0.39 is 4.92 Å². The molecule has 0 bridgehead atoms. The summed E-state index contributed by atoms with van der Waals surface area (Å²) in [7, 11) is 0. The largest absolute Gasteiger partial charge is 0.456 e. The summed E-state index contributed by atoms with van der Waals surface area (Å²) in [6, 6.07) is 14.7. The Balaban J connectivity index is 1.76. The van der Waals surface area contributed by atoms with Gasteiger partial charge >= 0.3 is 0 Å². The molecule has 2 aromatic carbocycles. The number of hydrogen-bond donors (Lipinski definition) is 1. The highest BCUT2D eigenvalue weighted by Crippen LogP contribution is 2.32. The van der Waals surface area contributed by atoms with Gasteiger partial charge in [-0.2, -0.15) is 0 Å². The van der Waals surface area contributed by atoms with Gasteiger partial charge in [-0.25, -0.2) is 0 Å². The number of nitrogens with one attached hydrogen (secondary N) is 1. The van der Waals surface area contributed by atoms with Crippen molar-refractivity contribution in [3.8, 4) is 11.3 Å². The normalized spacial score (nSPS) is 10.8. The first kappa shape index (κ1) is 19.8. The lowest BCUT2D eigenvalue weighted by atomic mass is 10.1. The minimum absolute atomic E-state index is 0.0368. The van der Waals surface area contributed by atoms with E-state index in [0.29, 0.717) is 28.3 Å². The molecule has 0 saturated heterocycles. The van der Waals surface area contributed by atoms with Crippen molar-refractivity contribution in [2.24, 2.45) is 0 Å². The molecule has 1 aromatic heterocycles. The molecule has 0 unspecified atom stereocenters. The summed E-state index contributed by atoms with van der Waals surface area (Å²) in [5.74, 6) is 0.326. The van der Waals surface area contributed by atoms with Crippen molar-refractivity contribution in [2.75, 3.05) is 5.32 Å². The molecule has 0 spiro atoms. The fourth-order valence-electron chi connectivity index (χ4n) is 2.76. The number of hydrogen-bond acceptors (Lipinski definition) is 5. The molecule has 0 aliphatic carbocycles. The number of anilines is 1. The highest BCUT2D eigenvalue weighted by molar-refractivity contribution is 6.07. The second-order valence-corrected chi connectivity index (χ2v) is 6.44. The molecular weight excluding hydrogens is 372 g/mol. The zero-order valence-corrected chi connectivity index (χ0v) is 15.8. The lowest BCUT2D eigenvalue weighted by Crippen LogP contribution is -2.05. The van der Waals surface area contributed by atoms with Crippen molar-refractivity contribution < 1.29 is 18.9 Å². The SMILES string of the molecule is CC(=O)Nc1ccc(C(=O)C=Cc2ccc(-c3ccc(C)cc3[N+](=O)[O-])o2)cc1. The van der Waals surface area contributed by atoms with Gasteiger partial charge in [0.1, 0.15) is 11.5 Å². The molecular formula is C22H18N2O5. The molecule has 0 aliphatic heterocycles. The van der Waals surface area contributed by atoms with E-state index in [1.807, 2.05) is 0 Å². The summed E-state index contributed by atoms with van der Waals surface area (Å²) in [6.07, 6.45) is 2.87. The van der Waals surface area contributed by atoms with Crippen LogP contribution in [0.4, 0.5) is 11.4 Å². The van der Waals surface area contributed by atoms with E-state index in [1.165, 1.54) is 25.1 Å². The number of nitrogens with zero attached hydrogens (tertiary/aromatic N) is 1. The molecule has 0 fully saturated rings. The van der Waals surface area contributed by atoms with E-state index in [4.69, 9.17) is 4.42 Å². The molecule has 7 heteroatoms. The van der Waals surface area contributed by atoms with Crippen LogP contribution in [0, 0.1) is 17.0 Å². The van der Waals surface area contributed by atoms with Gasteiger partial charge in [0.2, 0.25) is 5.91 Å². The number of ketones is 1. The standard InChI is InChI=1S/C22H18N2O5/c1-14-3-10-19(20(13-14)24(27)28)22-12-9-18(29-22)8-11-21(26)16-4-6-17(7-5-16)23-15(2)25/h3-13H,1-2H3,(H,23,25). The average molecular weight is 390 g/mol. The van der Waals surface area contributed by atoms with Crippen LogP contribution in [0.5, 0.6) is 0 Å². The first-order valence-electron chi connectivity index (χ1n) is 8.79. The van der Waals surface area contributed by atoms with Crippen LogP contribution in [-0.4, -0.2) is 16.6 Å². The smallest absolute Gasteiger partial charge is 0.280 e. The van der Waals surface area contributed by atoms with Crippen molar-refractivity contribution in [1.82, 2.24) is 0 Å². The third-order valence-electron chi connectivity index (χ3n) is 4.13. The number of aryl methyl sites for hydroxylation is 1. The van der Waals surface area contributed by atoms with E-state index in [9.17, 15) is 19.7 Å². The van der Waals surface area contributed by atoms with Gasteiger partial charge in [-0.1, -0.05) is 6.07 Å². The van der Waals surface area contributed by atoms with Crippen LogP contribution in [0.3, 0.4) is 0 Å². The maximum atomic E-state index is 12.3. The number of furan rings is 1. The summed E-state index contributed by atoms with van der Waals surface area (Å²) < 4.78 is 5.66. The molecule has 0 aliphatic rings. The predicted octanol–water partition coefficient (Wildman–Crippen LogP) is 5.02. The van der Waals surface area contributed by atoms with Crippen molar-refractivity contribution >= 4 is 29.1 Å².